The van der Waals surface area contributed by atoms with Gasteiger partial charge in [-0.3, -0.25) is 14.7 Å². The fraction of sp³-hybridized carbons (Fsp3) is 0.206. The number of likely N-dealkylation sites (tertiary alicyclic amines) is 1. The number of fused-ring (bicyclic) bond motifs is 2. The number of benzene rings is 2. The predicted octanol–water partition coefficient (Wildman–Crippen LogP) is 6.40. The molecule has 2 aromatic carbocycles. The van der Waals surface area contributed by atoms with Crippen molar-refractivity contribution >= 4 is 45.9 Å². The van der Waals surface area contributed by atoms with E-state index in [1.807, 2.05) is 36.5 Å². The number of halogens is 1. The van der Waals surface area contributed by atoms with Crippen LogP contribution in [-0.2, 0) is 6.54 Å². The molecule has 1 atom stereocenters. The first-order chi connectivity index (χ1) is 21.4. The number of carbonyl (C=O) groups excluding carboxylic acids is 1. The molecule has 4 aromatic heterocycles. The average molecular weight is 604 g/mol. The number of carbonyl (C=O) groups is 1. The zero-order chi connectivity index (χ0) is 30.4. The summed E-state index contributed by atoms with van der Waals surface area (Å²) in [4.78, 5) is 27.7. The topological polar surface area (TPSA) is 109 Å². The zero-order valence-corrected chi connectivity index (χ0v) is 25.1. The zero-order valence-electron chi connectivity index (χ0n) is 24.3. The van der Waals surface area contributed by atoms with Crippen molar-refractivity contribution in [2.45, 2.75) is 32.9 Å². The summed E-state index contributed by atoms with van der Waals surface area (Å²) in [5.74, 6) is 1.23. The number of rotatable bonds is 7. The second kappa shape index (κ2) is 11.4. The Labute approximate surface area is 259 Å². The van der Waals surface area contributed by atoms with Crippen LogP contribution in [0.2, 0.25) is 5.02 Å². The molecule has 0 spiro atoms. The van der Waals surface area contributed by atoms with E-state index in [-0.39, 0.29) is 6.10 Å². The van der Waals surface area contributed by atoms with E-state index in [1.165, 1.54) is 0 Å². The highest BCUT2D eigenvalue weighted by Gasteiger charge is 2.21. The smallest absolute Gasteiger partial charge is 0.182 e. The van der Waals surface area contributed by atoms with Gasteiger partial charge in [-0.1, -0.05) is 41.9 Å². The summed E-state index contributed by atoms with van der Waals surface area (Å²) in [6, 6.07) is 18.0. The van der Waals surface area contributed by atoms with E-state index in [4.69, 9.17) is 16.6 Å². The molecule has 1 aliphatic heterocycles. The molecule has 0 bridgehead atoms. The number of pyridine rings is 3. The summed E-state index contributed by atoms with van der Waals surface area (Å²) in [7, 11) is 0. The van der Waals surface area contributed by atoms with Gasteiger partial charge in [0.15, 0.2) is 23.6 Å². The summed E-state index contributed by atoms with van der Waals surface area (Å²) in [5.41, 5.74) is 8.89. The van der Waals surface area contributed by atoms with Crippen LogP contribution >= 0.6 is 11.6 Å². The maximum Gasteiger partial charge on any atom is 0.182 e. The van der Waals surface area contributed by atoms with Crippen LogP contribution in [0.25, 0.3) is 39.1 Å². The SMILES string of the molecule is Cc1c(Nc2nccc3cc(CN4CC[C@@H](O)C4)cnc23)cccc1-c1cccc(-c2nc3c(Cl)cc(C=O)cn3n2)c1C. The van der Waals surface area contributed by atoms with Gasteiger partial charge in [-0.2, -0.15) is 0 Å². The third-order valence-electron chi connectivity index (χ3n) is 8.31. The Balaban J connectivity index is 1.20. The van der Waals surface area contributed by atoms with Crippen LogP contribution < -0.4 is 5.32 Å². The molecule has 0 saturated carbocycles. The Hall–Kier alpha value is -4.70. The maximum atomic E-state index is 11.3. The fourth-order valence-corrected chi connectivity index (χ4v) is 6.26. The van der Waals surface area contributed by atoms with Gasteiger partial charge in [0.1, 0.15) is 5.52 Å². The number of aliphatic hydroxyl groups is 1. The molecule has 0 unspecified atom stereocenters. The lowest BCUT2D eigenvalue weighted by Gasteiger charge is -2.17. The lowest BCUT2D eigenvalue weighted by molar-refractivity contribution is 0.112. The van der Waals surface area contributed by atoms with Crippen molar-refractivity contribution in [3.63, 3.8) is 0 Å². The lowest BCUT2D eigenvalue weighted by Crippen LogP contribution is -2.21. The molecule has 10 heteroatoms. The van der Waals surface area contributed by atoms with Crippen LogP contribution in [0.1, 0.15) is 33.5 Å². The summed E-state index contributed by atoms with van der Waals surface area (Å²) in [6.07, 6.45) is 6.64. The van der Waals surface area contributed by atoms with Crippen molar-refractivity contribution in [2.24, 2.45) is 0 Å². The molecule has 5 heterocycles. The van der Waals surface area contributed by atoms with Crippen LogP contribution in [0.15, 0.2) is 73.2 Å². The van der Waals surface area contributed by atoms with Gasteiger partial charge in [0, 0.05) is 60.4 Å². The van der Waals surface area contributed by atoms with Crippen LogP contribution in [0, 0.1) is 13.8 Å². The fourth-order valence-electron chi connectivity index (χ4n) is 6.00. The molecule has 0 aliphatic carbocycles. The van der Waals surface area contributed by atoms with Gasteiger partial charge >= 0.3 is 0 Å². The largest absolute Gasteiger partial charge is 0.392 e. The van der Waals surface area contributed by atoms with Gasteiger partial charge < -0.3 is 10.4 Å². The highest BCUT2D eigenvalue weighted by Crippen LogP contribution is 2.36. The number of anilines is 2. The van der Waals surface area contributed by atoms with Crippen molar-refractivity contribution in [1.29, 1.82) is 0 Å². The molecular weight excluding hydrogens is 574 g/mol. The number of nitrogens with zero attached hydrogens (tertiary/aromatic N) is 6. The molecule has 1 saturated heterocycles. The summed E-state index contributed by atoms with van der Waals surface area (Å²) in [5, 5.41) is 19.4. The van der Waals surface area contributed by atoms with Gasteiger partial charge in [0.05, 0.1) is 11.1 Å². The quantitative estimate of drug-likeness (QED) is 0.202. The number of aromatic nitrogens is 5. The predicted molar refractivity (Wildman–Crippen MR) is 172 cm³/mol. The van der Waals surface area contributed by atoms with E-state index in [2.05, 4.69) is 57.3 Å². The second-order valence-electron chi connectivity index (χ2n) is 11.3. The summed E-state index contributed by atoms with van der Waals surface area (Å²) >= 11 is 6.39. The maximum absolute atomic E-state index is 11.3. The molecule has 220 valence electrons. The van der Waals surface area contributed by atoms with E-state index >= 15 is 0 Å². The molecule has 0 radical (unpaired) electrons. The Morgan fingerprint density at radius 3 is 2.64 bits per heavy atom. The van der Waals surface area contributed by atoms with Gasteiger partial charge in [-0.05, 0) is 72.4 Å². The minimum atomic E-state index is -0.242. The van der Waals surface area contributed by atoms with E-state index in [9.17, 15) is 9.90 Å². The average Bonchev–Trinajstić information content (AvgIpc) is 3.64. The van der Waals surface area contributed by atoms with E-state index in [1.54, 1.807) is 23.0 Å². The van der Waals surface area contributed by atoms with Gasteiger partial charge in [0.2, 0.25) is 0 Å². The lowest BCUT2D eigenvalue weighted by atomic mass is 9.92. The second-order valence-corrected chi connectivity index (χ2v) is 11.7. The molecule has 7 rings (SSSR count). The number of aldehydes is 1. The molecule has 2 N–H and O–H groups in total. The van der Waals surface area contributed by atoms with E-state index in [0.717, 1.165) is 75.8 Å². The number of nitrogens with one attached hydrogen (secondary N) is 1. The van der Waals surface area contributed by atoms with Crippen molar-refractivity contribution in [3.8, 4) is 22.5 Å². The van der Waals surface area contributed by atoms with Gasteiger partial charge in [-0.25, -0.2) is 14.5 Å². The van der Waals surface area contributed by atoms with Gasteiger partial charge in [0.25, 0.3) is 0 Å². The van der Waals surface area contributed by atoms with E-state index in [0.29, 0.717) is 34.4 Å². The molecular formula is C34H30ClN7O2. The van der Waals surface area contributed by atoms with E-state index < -0.39 is 0 Å². The molecule has 1 aliphatic rings. The highest BCUT2D eigenvalue weighted by molar-refractivity contribution is 6.33. The van der Waals surface area contributed by atoms with Crippen molar-refractivity contribution < 1.29 is 9.90 Å². The van der Waals surface area contributed by atoms with Crippen LogP contribution in [0.5, 0.6) is 0 Å². The molecule has 1 fully saturated rings. The summed E-state index contributed by atoms with van der Waals surface area (Å²) < 4.78 is 1.55. The monoisotopic (exact) mass is 603 g/mol. The number of hydrogen-bond donors (Lipinski definition) is 2. The number of aliphatic hydroxyl groups excluding tert-OH is 1. The first-order valence-corrected chi connectivity index (χ1v) is 14.9. The van der Waals surface area contributed by atoms with Crippen LogP contribution in [0.4, 0.5) is 11.5 Å². The third kappa shape index (κ3) is 5.19. The Morgan fingerprint density at radius 2 is 1.84 bits per heavy atom. The minimum absolute atomic E-state index is 0.242. The standard InChI is InChI=1S/C34H30ClN7O2/c1-20-26(5-3-7-28(20)32-39-34-29(35)14-23(19-43)17-42(34)40-32)27-6-4-8-30(21(27)2)38-33-31-24(9-11-36-33)13-22(15-37-31)16-41-12-10-25(44)18-41/h3-9,11,13-15,17,19,25,44H,10,12,16,18H2,1-2H3,(H,36,38)/t25-/m1/s1. The molecule has 0 amide bonds. The normalized spacial score (nSPS) is 15.3. The first-order valence-electron chi connectivity index (χ1n) is 14.5. The molecule has 44 heavy (non-hydrogen) atoms. The first kappa shape index (κ1) is 28.1. The third-order valence-corrected chi connectivity index (χ3v) is 8.59. The highest BCUT2D eigenvalue weighted by atomic mass is 35.5. The van der Waals surface area contributed by atoms with Crippen molar-refractivity contribution in [2.75, 3.05) is 18.4 Å². The Kier molecular flexibility index (Phi) is 7.29. The molecule has 9 nitrogen and oxygen atoms in total. The van der Waals surface area contributed by atoms with Gasteiger partial charge in [-0.15, -0.1) is 5.10 Å². The minimum Gasteiger partial charge on any atom is -0.392 e. The summed E-state index contributed by atoms with van der Waals surface area (Å²) in [6.45, 7) is 6.51. The van der Waals surface area contributed by atoms with Crippen LogP contribution in [-0.4, -0.2) is 60.1 Å². The molecule has 6 aromatic rings. The Bertz CT molecular complexity index is 2060. The van der Waals surface area contributed by atoms with Crippen molar-refractivity contribution in [1.82, 2.24) is 29.5 Å². The number of hydrogen-bond acceptors (Lipinski definition) is 8. The number of β-amino-alcohol motifs (C(OH)–C–C–N with tert-alkyl or cyclic N) is 1. The van der Waals surface area contributed by atoms with Crippen molar-refractivity contribution in [3.05, 3.63) is 100 Å². The Morgan fingerprint density at radius 1 is 1.05 bits per heavy atom. The van der Waals surface area contributed by atoms with Crippen LogP contribution in [0.3, 0.4) is 0 Å².